The Hall–Kier alpha value is -3.70. The highest BCUT2D eigenvalue weighted by Crippen LogP contribution is 2.40. The third-order valence-corrected chi connectivity index (χ3v) is 7.32. The normalized spacial score (nSPS) is 19.5. The molecule has 11 nitrogen and oxygen atoms in total. The first-order valence-electron chi connectivity index (χ1n) is 12.8. The number of benzene rings is 2. The zero-order valence-corrected chi connectivity index (χ0v) is 23.1. The van der Waals surface area contributed by atoms with Gasteiger partial charge in [-0.25, -0.2) is 0 Å². The average molecular weight is 544 g/mol. The van der Waals surface area contributed by atoms with Crippen LogP contribution in [0.2, 0.25) is 0 Å². The molecule has 2 aliphatic heterocycles. The average Bonchev–Trinajstić information content (AvgIpc) is 3.37. The Morgan fingerprint density at radius 2 is 1.46 bits per heavy atom. The van der Waals surface area contributed by atoms with Crippen LogP contribution in [0.3, 0.4) is 0 Å². The van der Waals surface area contributed by atoms with Crippen LogP contribution in [0, 0.1) is 0 Å². The number of hydrogen-bond acceptors (Lipinski definition) is 9. The number of aliphatic hydroxyl groups excluding tert-OH is 1. The predicted octanol–water partition coefficient (Wildman–Crippen LogP) is 1.65. The monoisotopic (exact) mass is 543 g/mol. The zero-order chi connectivity index (χ0) is 28.1. The summed E-state index contributed by atoms with van der Waals surface area (Å²) in [6, 6.07) is 7.97. The van der Waals surface area contributed by atoms with E-state index in [1.165, 1.54) is 19.1 Å². The Labute approximate surface area is 228 Å². The van der Waals surface area contributed by atoms with Crippen LogP contribution in [0.5, 0.6) is 28.7 Å². The van der Waals surface area contributed by atoms with Gasteiger partial charge in [0.15, 0.2) is 23.0 Å². The molecule has 1 N–H and O–H groups in total. The van der Waals surface area contributed by atoms with Crippen LogP contribution in [-0.2, 0) is 11.3 Å². The number of methoxy groups -OCH3 is 5. The summed E-state index contributed by atoms with van der Waals surface area (Å²) < 4.78 is 27.1. The SMILES string of the molecule is COc1ccc(C(=O)N2CC(O)CC2C(=O)N2CCN(Cc3ccc(OC)c(OC)c3OC)CC2)cc1OC. The molecule has 2 saturated heterocycles. The first-order valence-corrected chi connectivity index (χ1v) is 12.8. The Balaban J connectivity index is 1.42. The lowest BCUT2D eigenvalue weighted by molar-refractivity contribution is -0.137. The number of rotatable bonds is 9. The molecule has 2 atom stereocenters. The number of nitrogens with zero attached hydrogens (tertiary/aromatic N) is 3. The van der Waals surface area contributed by atoms with Gasteiger partial charge in [-0.3, -0.25) is 14.5 Å². The number of carbonyl (C=O) groups excluding carboxylic acids is 2. The second-order valence-electron chi connectivity index (χ2n) is 9.53. The van der Waals surface area contributed by atoms with Gasteiger partial charge in [0, 0.05) is 56.8 Å². The maximum absolute atomic E-state index is 13.5. The summed E-state index contributed by atoms with van der Waals surface area (Å²) in [4.78, 5) is 32.4. The van der Waals surface area contributed by atoms with E-state index in [9.17, 15) is 14.7 Å². The number of β-amino-alcohol motifs (C(OH)–C–C–N with tert-alkyl or cyclic N) is 1. The summed E-state index contributed by atoms with van der Waals surface area (Å²) in [5, 5.41) is 10.4. The maximum atomic E-state index is 13.5. The van der Waals surface area contributed by atoms with Crippen LogP contribution >= 0.6 is 0 Å². The van der Waals surface area contributed by atoms with Gasteiger partial charge < -0.3 is 38.6 Å². The van der Waals surface area contributed by atoms with Gasteiger partial charge in [-0.15, -0.1) is 0 Å². The molecule has 0 aromatic heterocycles. The highest BCUT2D eigenvalue weighted by molar-refractivity contribution is 5.98. The van der Waals surface area contributed by atoms with E-state index < -0.39 is 12.1 Å². The first-order chi connectivity index (χ1) is 18.8. The van der Waals surface area contributed by atoms with Crippen molar-refractivity contribution in [2.24, 2.45) is 0 Å². The Morgan fingerprint density at radius 1 is 0.821 bits per heavy atom. The van der Waals surface area contributed by atoms with Gasteiger partial charge in [0.25, 0.3) is 5.91 Å². The van der Waals surface area contributed by atoms with E-state index in [1.807, 2.05) is 12.1 Å². The summed E-state index contributed by atoms with van der Waals surface area (Å²) in [5.41, 5.74) is 1.33. The van der Waals surface area contributed by atoms with E-state index in [4.69, 9.17) is 23.7 Å². The van der Waals surface area contributed by atoms with Gasteiger partial charge in [0.1, 0.15) is 6.04 Å². The molecule has 2 aromatic rings. The van der Waals surface area contributed by atoms with E-state index in [2.05, 4.69) is 4.90 Å². The third kappa shape index (κ3) is 5.84. The van der Waals surface area contributed by atoms with Crippen LogP contribution in [0.15, 0.2) is 30.3 Å². The molecule has 212 valence electrons. The topological polar surface area (TPSA) is 110 Å². The van der Waals surface area contributed by atoms with Gasteiger partial charge >= 0.3 is 0 Å². The van der Waals surface area contributed by atoms with E-state index in [-0.39, 0.29) is 24.8 Å². The van der Waals surface area contributed by atoms with E-state index in [0.717, 1.165) is 5.56 Å². The molecule has 2 aliphatic rings. The van der Waals surface area contributed by atoms with Crippen molar-refractivity contribution in [2.45, 2.75) is 25.1 Å². The van der Waals surface area contributed by atoms with Crippen LogP contribution in [-0.4, -0.2) is 112 Å². The van der Waals surface area contributed by atoms with Gasteiger partial charge in [0.05, 0.1) is 41.7 Å². The van der Waals surface area contributed by atoms with Crippen molar-refractivity contribution in [2.75, 3.05) is 68.3 Å². The number of piperazine rings is 1. The fourth-order valence-corrected chi connectivity index (χ4v) is 5.27. The predicted molar refractivity (Wildman–Crippen MR) is 143 cm³/mol. The van der Waals surface area contributed by atoms with Crippen LogP contribution in [0.1, 0.15) is 22.3 Å². The smallest absolute Gasteiger partial charge is 0.254 e. The standard InChI is InChI=1S/C28H37N3O8/c1-35-22-8-6-18(14-24(22)37-3)27(33)31-17-20(32)15-21(31)28(34)30-12-10-29(11-13-30)16-19-7-9-23(36-2)26(39-5)25(19)38-4/h6-9,14,20-21,32H,10-13,15-17H2,1-5H3. The number of ether oxygens (including phenoxy) is 5. The van der Waals surface area contributed by atoms with Gasteiger partial charge in [-0.2, -0.15) is 0 Å². The molecule has 0 bridgehead atoms. The van der Waals surface area contributed by atoms with Crippen LogP contribution < -0.4 is 23.7 Å². The second kappa shape index (κ2) is 12.4. The van der Waals surface area contributed by atoms with Crippen molar-refractivity contribution in [3.05, 3.63) is 41.5 Å². The van der Waals surface area contributed by atoms with E-state index in [1.54, 1.807) is 44.4 Å². The fraction of sp³-hybridized carbons (Fsp3) is 0.500. The van der Waals surface area contributed by atoms with Gasteiger partial charge in [-0.05, 0) is 24.3 Å². The van der Waals surface area contributed by atoms with E-state index in [0.29, 0.717) is 67.0 Å². The lowest BCUT2D eigenvalue weighted by atomic mass is 10.1. The zero-order valence-electron chi connectivity index (χ0n) is 23.1. The Kier molecular flexibility index (Phi) is 9.03. The molecule has 4 rings (SSSR count). The number of amides is 2. The summed E-state index contributed by atoms with van der Waals surface area (Å²) in [5.74, 6) is 2.22. The molecular formula is C28H37N3O8. The first kappa shape index (κ1) is 28.3. The molecule has 2 unspecified atom stereocenters. The molecule has 2 heterocycles. The molecule has 0 spiro atoms. The highest BCUT2D eigenvalue weighted by Gasteiger charge is 2.41. The number of hydrogen-bond donors (Lipinski definition) is 1. The van der Waals surface area contributed by atoms with E-state index >= 15 is 0 Å². The van der Waals surface area contributed by atoms with Crippen LogP contribution in [0.4, 0.5) is 0 Å². The molecule has 11 heteroatoms. The highest BCUT2D eigenvalue weighted by atomic mass is 16.5. The molecule has 0 saturated carbocycles. The lowest BCUT2D eigenvalue weighted by Crippen LogP contribution is -2.54. The lowest BCUT2D eigenvalue weighted by Gasteiger charge is -2.37. The summed E-state index contributed by atoms with van der Waals surface area (Å²) in [6.07, 6.45) is -0.553. The summed E-state index contributed by atoms with van der Waals surface area (Å²) in [7, 11) is 7.78. The minimum absolute atomic E-state index is 0.0998. The summed E-state index contributed by atoms with van der Waals surface area (Å²) in [6.45, 7) is 3.06. The maximum Gasteiger partial charge on any atom is 0.254 e. The molecule has 2 aromatic carbocycles. The summed E-state index contributed by atoms with van der Waals surface area (Å²) >= 11 is 0. The molecule has 0 radical (unpaired) electrons. The number of aliphatic hydroxyl groups is 1. The Bertz CT molecular complexity index is 1180. The Morgan fingerprint density at radius 3 is 2.08 bits per heavy atom. The third-order valence-electron chi connectivity index (χ3n) is 7.32. The van der Waals surface area contributed by atoms with Gasteiger partial charge in [-0.1, -0.05) is 6.07 Å². The molecular weight excluding hydrogens is 506 g/mol. The number of likely N-dealkylation sites (tertiary alicyclic amines) is 1. The number of carbonyl (C=O) groups is 2. The molecule has 2 fully saturated rings. The largest absolute Gasteiger partial charge is 0.493 e. The molecule has 2 amide bonds. The van der Waals surface area contributed by atoms with Crippen molar-refractivity contribution in [3.8, 4) is 28.7 Å². The van der Waals surface area contributed by atoms with Gasteiger partial charge in [0.2, 0.25) is 11.7 Å². The second-order valence-corrected chi connectivity index (χ2v) is 9.53. The van der Waals surface area contributed by atoms with Crippen molar-refractivity contribution in [1.82, 2.24) is 14.7 Å². The van der Waals surface area contributed by atoms with Crippen LogP contribution in [0.25, 0.3) is 0 Å². The molecule has 0 aliphatic carbocycles. The molecule has 39 heavy (non-hydrogen) atoms. The quantitative estimate of drug-likeness (QED) is 0.505. The minimum atomic E-state index is -0.762. The van der Waals surface area contributed by atoms with Crippen molar-refractivity contribution in [1.29, 1.82) is 0 Å². The van der Waals surface area contributed by atoms with Crippen molar-refractivity contribution >= 4 is 11.8 Å². The fourth-order valence-electron chi connectivity index (χ4n) is 5.27. The minimum Gasteiger partial charge on any atom is -0.493 e. The van der Waals surface area contributed by atoms with Crippen molar-refractivity contribution < 1.29 is 38.4 Å². The van der Waals surface area contributed by atoms with Crippen molar-refractivity contribution in [3.63, 3.8) is 0 Å².